The number of hydrogen-bond acceptors (Lipinski definition) is 2. The van der Waals surface area contributed by atoms with Crippen molar-refractivity contribution in [2.45, 2.75) is 6.92 Å². The highest BCUT2D eigenvalue weighted by atomic mass is 16.5. The molecule has 0 bridgehead atoms. The van der Waals surface area contributed by atoms with E-state index in [-0.39, 0.29) is 5.69 Å². The van der Waals surface area contributed by atoms with Crippen molar-refractivity contribution in [1.29, 1.82) is 0 Å². The van der Waals surface area contributed by atoms with Crippen molar-refractivity contribution in [3.05, 3.63) is 58.5 Å². The molecule has 4 heteroatoms. The van der Waals surface area contributed by atoms with Crippen LogP contribution in [0.3, 0.4) is 0 Å². The predicted molar refractivity (Wildman–Crippen MR) is 75.2 cm³/mol. The van der Waals surface area contributed by atoms with E-state index in [0.29, 0.717) is 0 Å². The Balaban J connectivity index is 2.33. The summed E-state index contributed by atoms with van der Waals surface area (Å²) in [5.41, 5.74) is 3.43. The number of para-hydroxylation sites is 1. The fraction of sp³-hybridized carbons (Fsp3) is 0.133. The van der Waals surface area contributed by atoms with Crippen molar-refractivity contribution in [3.8, 4) is 11.4 Å². The normalized spacial score (nSPS) is 10.8. The maximum absolute atomic E-state index is 12.2. The largest absolute Gasteiger partial charge is 0.497 e. The number of benzene rings is 2. The van der Waals surface area contributed by atoms with Crippen LogP contribution in [-0.2, 0) is 0 Å². The number of rotatable bonds is 2. The second-order valence-corrected chi connectivity index (χ2v) is 4.44. The lowest BCUT2D eigenvalue weighted by Crippen LogP contribution is -2.15. The first-order chi connectivity index (χ1) is 9.20. The topological polar surface area (TPSA) is 47.0 Å². The van der Waals surface area contributed by atoms with Gasteiger partial charge in [-0.05, 0) is 30.7 Å². The zero-order chi connectivity index (χ0) is 13.4. The molecule has 4 nitrogen and oxygen atoms in total. The number of nitrogens with one attached hydrogen (secondary N) is 1. The summed E-state index contributed by atoms with van der Waals surface area (Å²) >= 11 is 0. The van der Waals surface area contributed by atoms with Crippen LogP contribution in [0.15, 0.2) is 47.3 Å². The number of H-pyrrole nitrogens is 1. The molecule has 0 saturated carbocycles. The van der Waals surface area contributed by atoms with Gasteiger partial charge >= 0.3 is 5.69 Å². The molecule has 0 amide bonds. The summed E-state index contributed by atoms with van der Waals surface area (Å²) in [4.78, 5) is 15.0. The Hall–Kier alpha value is -2.49. The summed E-state index contributed by atoms with van der Waals surface area (Å²) in [7, 11) is 1.61. The quantitative estimate of drug-likeness (QED) is 0.764. The van der Waals surface area contributed by atoms with E-state index in [4.69, 9.17) is 4.74 Å². The highest BCUT2D eigenvalue weighted by Gasteiger charge is 2.10. The average molecular weight is 254 g/mol. The summed E-state index contributed by atoms with van der Waals surface area (Å²) < 4.78 is 6.85. The first-order valence-electron chi connectivity index (χ1n) is 6.05. The maximum atomic E-state index is 12.2. The van der Waals surface area contributed by atoms with Gasteiger partial charge in [0.25, 0.3) is 0 Å². The van der Waals surface area contributed by atoms with Crippen molar-refractivity contribution in [1.82, 2.24) is 9.55 Å². The van der Waals surface area contributed by atoms with Gasteiger partial charge in [-0.2, -0.15) is 0 Å². The number of aromatic nitrogens is 2. The fourth-order valence-corrected chi connectivity index (χ4v) is 2.27. The van der Waals surface area contributed by atoms with Gasteiger partial charge in [0.2, 0.25) is 0 Å². The van der Waals surface area contributed by atoms with Crippen LogP contribution in [0.5, 0.6) is 5.75 Å². The van der Waals surface area contributed by atoms with Gasteiger partial charge in [-0.3, -0.25) is 4.57 Å². The van der Waals surface area contributed by atoms with Gasteiger partial charge in [-0.1, -0.05) is 18.2 Å². The SMILES string of the molecule is COc1ccc2c(c1)[nH]c(=O)n2-c1ccccc1C. The van der Waals surface area contributed by atoms with E-state index < -0.39 is 0 Å². The predicted octanol–water partition coefficient (Wildman–Crippen LogP) is 2.64. The molecule has 0 spiro atoms. The minimum atomic E-state index is -0.141. The Labute approximate surface area is 110 Å². The molecule has 96 valence electrons. The third-order valence-electron chi connectivity index (χ3n) is 3.25. The number of aromatic amines is 1. The first-order valence-corrected chi connectivity index (χ1v) is 6.05. The smallest absolute Gasteiger partial charge is 0.331 e. The Kier molecular flexibility index (Phi) is 2.63. The molecule has 0 aliphatic rings. The number of imidazole rings is 1. The van der Waals surface area contributed by atoms with Crippen LogP contribution in [0.2, 0.25) is 0 Å². The van der Waals surface area contributed by atoms with Gasteiger partial charge in [-0.25, -0.2) is 4.79 Å². The van der Waals surface area contributed by atoms with Crippen molar-refractivity contribution >= 4 is 11.0 Å². The van der Waals surface area contributed by atoms with Crippen LogP contribution in [0.1, 0.15) is 5.56 Å². The average Bonchev–Trinajstić information content (AvgIpc) is 2.74. The van der Waals surface area contributed by atoms with Crippen LogP contribution < -0.4 is 10.4 Å². The van der Waals surface area contributed by atoms with E-state index in [1.165, 1.54) is 0 Å². The maximum Gasteiger partial charge on any atom is 0.331 e. The van der Waals surface area contributed by atoms with Gasteiger partial charge in [0, 0.05) is 6.07 Å². The van der Waals surface area contributed by atoms with Crippen LogP contribution in [0.25, 0.3) is 16.7 Å². The summed E-state index contributed by atoms with van der Waals surface area (Å²) in [6.45, 7) is 1.99. The third-order valence-corrected chi connectivity index (χ3v) is 3.25. The summed E-state index contributed by atoms with van der Waals surface area (Å²) in [6.07, 6.45) is 0. The molecule has 1 aromatic heterocycles. The number of fused-ring (bicyclic) bond motifs is 1. The van der Waals surface area contributed by atoms with Crippen LogP contribution in [0, 0.1) is 6.92 Å². The number of aryl methyl sites for hydroxylation is 1. The summed E-state index contributed by atoms with van der Waals surface area (Å²) in [5, 5.41) is 0. The number of ether oxygens (including phenoxy) is 1. The molecule has 3 rings (SSSR count). The molecule has 3 aromatic rings. The van der Waals surface area contributed by atoms with Gasteiger partial charge in [0.15, 0.2) is 0 Å². The first kappa shape index (κ1) is 11.6. The highest BCUT2D eigenvalue weighted by Crippen LogP contribution is 2.21. The van der Waals surface area contributed by atoms with Crippen molar-refractivity contribution in [2.24, 2.45) is 0 Å². The summed E-state index contributed by atoms with van der Waals surface area (Å²) in [5.74, 6) is 0.727. The fourth-order valence-electron chi connectivity index (χ4n) is 2.27. The molecule has 0 unspecified atom stereocenters. The van der Waals surface area contributed by atoms with Gasteiger partial charge in [0.1, 0.15) is 5.75 Å². The molecule has 0 atom stereocenters. The molecule has 0 saturated heterocycles. The Morgan fingerprint density at radius 1 is 1.16 bits per heavy atom. The zero-order valence-electron chi connectivity index (χ0n) is 10.8. The third kappa shape index (κ3) is 1.81. The molecule has 0 aliphatic heterocycles. The molecular weight excluding hydrogens is 240 g/mol. The second kappa shape index (κ2) is 4.31. The number of hydrogen-bond donors (Lipinski definition) is 1. The Bertz CT molecular complexity index is 799. The van der Waals surface area contributed by atoms with Crippen molar-refractivity contribution in [2.75, 3.05) is 7.11 Å². The Morgan fingerprint density at radius 2 is 1.95 bits per heavy atom. The minimum Gasteiger partial charge on any atom is -0.497 e. The lowest BCUT2D eigenvalue weighted by Gasteiger charge is -2.07. The van der Waals surface area contributed by atoms with Gasteiger partial charge < -0.3 is 9.72 Å². The molecule has 1 N–H and O–H groups in total. The number of methoxy groups -OCH3 is 1. The minimum absolute atomic E-state index is 0.141. The molecular formula is C15H14N2O2. The Morgan fingerprint density at radius 3 is 2.68 bits per heavy atom. The van der Waals surface area contributed by atoms with E-state index in [9.17, 15) is 4.79 Å². The molecule has 2 aromatic carbocycles. The second-order valence-electron chi connectivity index (χ2n) is 4.44. The van der Waals surface area contributed by atoms with Gasteiger partial charge in [-0.15, -0.1) is 0 Å². The number of nitrogens with zero attached hydrogens (tertiary/aromatic N) is 1. The van der Waals surface area contributed by atoms with E-state index in [2.05, 4.69) is 4.98 Å². The molecule has 0 fully saturated rings. The standard InChI is InChI=1S/C15H14N2O2/c1-10-5-3-4-6-13(10)17-14-8-7-11(19-2)9-12(14)16-15(17)18/h3-9H,1-2H3,(H,16,18). The molecule has 1 heterocycles. The van der Waals surface area contributed by atoms with Crippen molar-refractivity contribution in [3.63, 3.8) is 0 Å². The molecule has 0 radical (unpaired) electrons. The van der Waals surface area contributed by atoms with Crippen LogP contribution >= 0.6 is 0 Å². The zero-order valence-corrected chi connectivity index (χ0v) is 10.8. The summed E-state index contributed by atoms with van der Waals surface area (Å²) in [6, 6.07) is 13.4. The highest BCUT2D eigenvalue weighted by molar-refractivity contribution is 5.79. The monoisotopic (exact) mass is 254 g/mol. The van der Waals surface area contributed by atoms with Crippen LogP contribution in [0.4, 0.5) is 0 Å². The van der Waals surface area contributed by atoms with E-state index in [1.807, 2.05) is 49.4 Å². The lowest BCUT2D eigenvalue weighted by atomic mass is 10.2. The van der Waals surface area contributed by atoms with E-state index >= 15 is 0 Å². The van der Waals surface area contributed by atoms with E-state index in [1.54, 1.807) is 11.7 Å². The van der Waals surface area contributed by atoms with E-state index in [0.717, 1.165) is 28.0 Å². The molecule has 0 aliphatic carbocycles. The van der Waals surface area contributed by atoms with Crippen molar-refractivity contribution < 1.29 is 4.74 Å². The molecule has 19 heavy (non-hydrogen) atoms. The lowest BCUT2D eigenvalue weighted by molar-refractivity contribution is 0.415. The van der Waals surface area contributed by atoms with Crippen LogP contribution in [-0.4, -0.2) is 16.7 Å². The van der Waals surface area contributed by atoms with Gasteiger partial charge in [0.05, 0.1) is 23.8 Å².